The fourth-order valence-corrected chi connectivity index (χ4v) is 1.86. The van der Waals surface area contributed by atoms with Crippen LogP contribution >= 0.6 is 0 Å². The van der Waals surface area contributed by atoms with Gasteiger partial charge in [0.15, 0.2) is 0 Å². The first-order valence-electron chi connectivity index (χ1n) is 6.84. The Hall–Kier alpha value is -2.56. The summed E-state index contributed by atoms with van der Waals surface area (Å²) >= 11 is 0. The van der Waals surface area contributed by atoms with E-state index < -0.39 is 0 Å². The predicted molar refractivity (Wildman–Crippen MR) is 82.6 cm³/mol. The number of benzene rings is 1. The van der Waals surface area contributed by atoms with Crippen molar-refractivity contribution in [2.24, 2.45) is 0 Å². The molecule has 0 atom stereocenters. The molecule has 2 aromatic rings. The monoisotopic (exact) mass is 285 g/mol. The van der Waals surface area contributed by atoms with Gasteiger partial charge in [0.25, 0.3) is 5.91 Å². The van der Waals surface area contributed by atoms with E-state index in [4.69, 9.17) is 4.74 Å². The minimum atomic E-state index is -0.103. The molecule has 1 aromatic carbocycles. The van der Waals surface area contributed by atoms with Gasteiger partial charge < -0.3 is 15.4 Å². The number of carbonyl (C=O) groups excluding carboxylic acids is 1. The second kappa shape index (κ2) is 7.28. The molecular weight excluding hydrogens is 266 g/mol. The van der Waals surface area contributed by atoms with Crippen LogP contribution in [0.25, 0.3) is 0 Å². The Bertz CT molecular complexity index is 579. The van der Waals surface area contributed by atoms with E-state index in [1.807, 2.05) is 25.1 Å². The van der Waals surface area contributed by atoms with Crippen LogP contribution in [0.4, 0.5) is 5.69 Å². The fourth-order valence-electron chi connectivity index (χ4n) is 1.86. The second-order valence-corrected chi connectivity index (χ2v) is 4.50. The Morgan fingerprint density at radius 3 is 2.52 bits per heavy atom. The molecule has 1 amide bonds. The highest BCUT2D eigenvalue weighted by Gasteiger charge is 2.05. The molecule has 0 aliphatic carbocycles. The minimum Gasteiger partial charge on any atom is -0.481 e. The molecule has 0 saturated heterocycles. The van der Waals surface area contributed by atoms with Crippen LogP contribution in [0.3, 0.4) is 0 Å². The molecule has 0 fully saturated rings. The smallest absolute Gasteiger partial charge is 0.251 e. The molecule has 0 bridgehead atoms. The van der Waals surface area contributed by atoms with Crippen molar-refractivity contribution in [3.05, 3.63) is 53.7 Å². The van der Waals surface area contributed by atoms with Crippen LogP contribution in [0, 0.1) is 0 Å². The first-order valence-corrected chi connectivity index (χ1v) is 6.84. The molecular formula is C16H19N3O2. The summed E-state index contributed by atoms with van der Waals surface area (Å²) in [7, 11) is 1.57. The van der Waals surface area contributed by atoms with Crippen LogP contribution in [0.5, 0.6) is 5.88 Å². The molecule has 110 valence electrons. The number of anilines is 1. The van der Waals surface area contributed by atoms with Gasteiger partial charge in [-0.05, 0) is 36.8 Å². The molecule has 2 N–H and O–H groups in total. The third-order valence-electron chi connectivity index (χ3n) is 2.99. The van der Waals surface area contributed by atoms with Crippen molar-refractivity contribution in [1.29, 1.82) is 0 Å². The van der Waals surface area contributed by atoms with Gasteiger partial charge in [0.1, 0.15) is 0 Å². The largest absolute Gasteiger partial charge is 0.481 e. The van der Waals surface area contributed by atoms with E-state index in [9.17, 15) is 4.79 Å². The molecule has 0 aliphatic rings. The summed E-state index contributed by atoms with van der Waals surface area (Å²) < 4.78 is 4.99. The highest BCUT2D eigenvalue weighted by Crippen LogP contribution is 2.10. The van der Waals surface area contributed by atoms with E-state index in [2.05, 4.69) is 15.6 Å². The number of hydrogen-bond acceptors (Lipinski definition) is 4. The Morgan fingerprint density at radius 2 is 1.95 bits per heavy atom. The van der Waals surface area contributed by atoms with Gasteiger partial charge in [0.2, 0.25) is 5.88 Å². The van der Waals surface area contributed by atoms with Gasteiger partial charge in [-0.15, -0.1) is 0 Å². The zero-order chi connectivity index (χ0) is 15.1. The molecule has 0 unspecified atom stereocenters. The fraction of sp³-hybridized carbons (Fsp3) is 0.250. The van der Waals surface area contributed by atoms with Gasteiger partial charge in [0.05, 0.1) is 7.11 Å². The lowest BCUT2D eigenvalue weighted by molar-refractivity contribution is 0.0951. The summed E-state index contributed by atoms with van der Waals surface area (Å²) in [5.74, 6) is 0.456. The number of hydrogen-bond donors (Lipinski definition) is 2. The number of amides is 1. The molecule has 5 nitrogen and oxygen atoms in total. The summed E-state index contributed by atoms with van der Waals surface area (Å²) in [6.45, 7) is 3.32. The molecule has 1 aromatic heterocycles. The van der Waals surface area contributed by atoms with E-state index in [1.54, 1.807) is 31.5 Å². The molecule has 0 radical (unpaired) electrons. The average Bonchev–Trinajstić information content (AvgIpc) is 2.54. The SMILES string of the molecule is CCNc1ccc(C(=O)NCc2ccc(OC)nc2)cc1. The number of nitrogens with zero attached hydrogens (tertiary/aromatic N) is 1. The predicted octanol–water partition coefficient (Wildman–Crippen LogP) is 2.45. The maximum atomic E-state index is 12.0. The lowest BCUT2D eigenvalue weighted by atomic mass is 10.2. The average molecular weight is 285 g/mol. The Kier molecular flexibility index (Phi) is 5.15. The molecule has 21 heavy (non-hydrogen) atoms. The first kappa shape index (κ1) is 14.8. The minimum absolute atomic E-state index is 0.103. The second-order valence-electron chi connectivity index (χ2n) is 4.50. The van der Waals surface area contributed by atoms with E-state index >= 15 is 0 Å². The Labute approximate surface area is 124 Å². The van der Waals surface area contributed by atoms with E-state index in [1.165, 1.54) is 0 Å². The lowest BCUT2D eigenvalue weighted by Crippen LogP contribution is -2.22. The topological polar surface area (TPSA) is 63.2 Å². The maximum Gasteiger partial charge on any atom is 0.251 e. The zero-order valence-corrected chi connectivity index (χ0v) is 12.2. The Morgan fingerprint density at radius 1 is 1.19 bits per heavy atom. The summed E-state index contributed by atoms with van der Waals surface area (Å²) in [6.07, 6.45) is 1.69. The van der Waals surface area contributed by atoms with Gasteiger partial charge >= 0.3 is 0 Å². The van der Waals surface area contributed by atoms with Crippen molar-refractivity contribution in [1.82, 2.24) is 10.3 Å². The van der Waals surface area contributed by atoms with Crippen LogP contribution in [0.15, 0.2) is 42.6 Å². The van der Waals surface area contributed by atoms with Crippen LogP contribution in [0.1, 0.15) is 22.8 Å². The third kappa shape index (κ3) is 4.21. The van der Waals surface area contributed by atoms with E-state index in [-0.39, 0.29) is 5.91 Å². The van der Waals surface area contributed by atoms with Crippen LogP contribution in [-0.4, -0.2) is 24.5 Å². The summed E-state index contributed by atoms with van der Waals surface area (Å²) in [5, 5.41) is 6.05. The number of aromatic nitrogens is 1. The third-order valence-corrected chi connectivity index (χ3v) is 2.99. The molecule has 2 rings (SSSR count). The highest BCUT2D eigenvalue weighted by atomic mass is 16.5. The van der Waals surface area contributed by atoms with Crippen LogP contribution in [-0.2, 0) is 6.54 Å². The number of nitrogens with one attached hydrogen (secondary N) is 2. The normalized spacial score (nSPS) is 10.0. The maximum absolute atomic E-state index is 12.0. The van der Waals surface area contributed by atoms with E-state index in [0.717, 1.165) is 17.8 Å². The van der Waals surface area contributed by atoms with Crippen molar-refractivity contribution >= 4 is 11.6 Å². The molecule has 0 aliphatic heterocycles. The number of rotatable bonds is 6. The highest BCUT2D eigenvalue weighted by molar-refractivity contribution is 5.94. The van der Waals surface area contributed by atoms with Crippen molar-refractivity contribution in [2.45, 2.75) is 13.5 Å². The van der Waals surface area contributed by atoms with Crippen molar-refractivity contribution in [3.8, 4) is 5.88 Å². The van der Waals surface area contributed by atoms with Crippen LogP contribution < -0.4 is 15.4 Å². The van der Waals surface area contributed by atoms with Crippen molar-refractivity contribution in [3.63, 3.8) is 0 Å². The van der Waals surface area contributed by atoms with Gasteiger partial charge in [-0.2, -0.15) is 0 Å². The lowest BCUT2D eigenvalue weighted by Gasteiger charge is -2.07. The number of ether oxygens (including phenoxy) is 1. The summed E-state index contributed by atoms with van der Waals surface area (Å²) in [5.41, 5.74) is 2.57. The van der Waals surface area contributed by atoms with E-state index in [0.29, 0.717) is 18.0 Å². The molecule has 1 heterocycles. The Balaban J connectivity index is 1.91. The number of carbonyl (C=O) groups is 1. The summed E-state index contributed by atoms with van der Waals surface area (Å²) in [6, 6.07) is 11.0. The molecule has 0 saturated carbocycles. The van der Waals surface area contributed by atoms with Gasteiger partial charge in [-0.1, -0.05) is 6.07 Å². The standard InChI is InChI=1S/C16H19N3O2/c1-3-17-14-7-5-13(6-8-14)16(20)19-11-12-4-9-15(21-2)18-10-12/h4-10,17H,3,11H2,1-2H3,(H,19,20). The van der Waals surface area contributed by atoms with Gasteiger partial charge in [0, 0.05) is 36.6 Å². The van der Waals surface area contributed by atoms with Gasteiger partial charge in [-0.3, -0.25) is 4.79 Å². The van der Waals surface area contributed by atoms with Crippen molar-refractivity contribution in [2.75, 3.05) is 19.0 Å². The quantitative estimate of drug-likeness (QED) is 0.855. The zero-order valence-electron chi connectivity index (χ0n) is 12.2. The first-order chi connectivity index (χ1) is 10.2. The molecule has 0 spiro atoms. The number of pyridine rings is 1. The number of methoxy groups -OCH3 is 1. The van der Waals surface area contributed by atoms with Crippen LogP contribution in [0.2, 0.25) is 0 Å². The van der Waals surface area contributed by atoms with Gasteiger partial charge in [-0.25, -0.2) is 4.98 Å². The van der Waals surface area contributed by atoms with Crippen molar-refractivity contribution < 1.29 is 9.53 Å². The summed E-state index contributed by atoms with van der Waals surface area (Å²) in [4.78, 5) is 16.1. The molecule has 5 heteroatoms.